The van der Waals surface area contributed by atoms with Gasteiger partial charge in [-0.25, -0.2) is 4.79 Å². The Morgan fingerprint density at radius 1 is 1.10 bits per heavy atom. The van der Waals surface area contributed by atoms with Crippen molar-refractivity contribution in [3.63, 3.8) is 0 Å². The minimum absolute atomic E-state index is 0.0376. The summed E-state index contributed by atoms with van der Waals surface area (Å²) in [6, 6.07) is 15.2. The van der Waals surface area contributed by atoms with Gasteiger partial charge in [0.1, 0.15) is 0 Å². The van der Waals surface area contributed by atoms with Crippen LogP contribution in [0.4, 0.5) is 10.5 Å². The number of piperidine rings is 1. The van der Waals surface area contributed by atoms with Gasteiger partial charge in [-0.1, -0.05) is 38.1 Å². The van der Waals surface area contributed by atoms with Gasteiger partial charge in [0.05, 0.1) is 5.92 Å². The minimum Gasteiger partial charge on any atom is -0.454 e. The molecule has 7 nitrogen and oxygen atoms in total. The SMILES string of the molecule is CC(C)(CNC(=O)N1CCCC(C(=O)Nc2ccccc2)C1)c1ccc2c(c1)OCO2. The van der Waals surface area contributed by atoms with Gasteiger partial charge in [0.2, 0.25) is 12.7 Å². The second kappa shape index (κ2) is 8.88. The molecule has 0 radical (unpaired) electrons. The molecule has 0 aliphatic carbocycles. The number of carbonyl (C=O) groups is 2. The first-order valence-electron chi connectivity index (χ1n) is 10.7. The molecule has 1 atom stereocenters. The normalized spacial score (nSPS) is 17.9. The van der Waals surface area contributed by atoms with Crippen LogP contribution in [0.3, 0.4) is 0 Å². The average molecular weight is 424 g/mol. The third-order valence-corrected chi connectivity index (χ3v) is 5.96. The molecular weight excluding hydrogens is 394 g/mol. The minimum atomic E-state index is -0.281. The van der Waals surface area contributed by atoms with Gasteiger partial charge in [0.25, 0.3) is 0 Å². The Morgan fingerprint density at radius 2 is 1.87 bits per heavy atom. The lowest BCUT2D eigenvalue weighted by Crippen LogP contribution is -2.50. The van der Waals surface area contributed by atoms with Gasteiger partial charge in [-0.2, -0.15) is 0 Å². The Bertz CT molecular complexity index is 945. The Morgan fingerprint density at radius 3 is 2.68 bits per heavy atom. The fourth-order valence-electron chi connectivity index (χ4n) is 3.97. The molecule has 0 saturated carbocycles. The molecule has 2 aliphatic heterocycles. The zero-order valence-electron chi connectivity index (χ0n) is 18.0. The lowest BCUT2D eigenvalue weighted by Gasteiger charge is -2.33. The largest absolute Gasteiger partial charge is 0.454 e. The van der Waals surface area contributed by atoms with Gasteiger partial charge >= 0.3 is 6.03 Å². The molecule has 2 heterocycles. The Kier molecular flexibility index (Phi) is 6.02. The van der Waals surface area contributed by atoms with E-state index in [1.165, 1.54) is 0 Å². The molecule has 1 fully saturated rings. The summed E-state index contributed by atoms with van der Waals surface area (Å²) >= 11 is 0. The number of fused-ring (bicyclic) bond motifs is 1. The molecule has 0 aromatic heterocycles. The second-order valence-electron chi connectivity index (χ2n) is 8.75. The quantitative estimate of drug-likeness (QED) is 0.768. The number of rotatable bonds is 5. The summed E-state index contributed by atoms with van der Waals surface area (Å²) in [6.07, 6.45) is 1.59. The summed E-state index contributed by atoms with van der Waals surface area (Å²) in [5, 5.41) is 6.00. The van der Waals surface area contributed by atoms with E-state index >= 15 is 0 Å². The third kappa shape index (κ3) is 4.93. The summed E-state index contributed by atoms with van der Waals surface area (Å²) in [4.78, 5) is 27.2. The highest BCUT2D eigenvalue weighted by Crippen LogP contribution is 2.36. The molecule has 2 aliphatic rings. The van der Waals surface area contributed by atoms with Crippen molar-refractivity contribution in [1.29, 1.82) is 0 Å². The lowest BCUT2D eigenvalue weighted by molar-refractivity contribution is -0.121. The number of nitrogens with one attached hydrogen (secondary N) is 2. The van der Waals surface area contributed by atoms with Crippen LogP contribution in [0, 0.1) is 5.92 Å². The fourth-order valence-corrected chi connectivity index (χ4v) is 3.97. The number of hydrogen-bond donors (Lipinski definition) is 2. The van der Waals surface area contributed by atoms with Gasteiger partial charge in [-0.05, 0) is 42.7 Å². The Balaban J connectivity index is 1.32. The van der Waals surface area contributed by atoms with E-state index < -0.39 is 0 Å². The molecule has 31 heavy (non-hydrogen) atoms. The Labute approximate surface area is 182 Å². The average Bonchev–Trinajstić information content (AvgIpc) is 3.26. The van der Waals surface area contributed by atoms with E-state index in [9.17, 15) is 9.59 Å². The molecule has 1 saturated heterocycles. The highest BCUT2D eigenvalue weighted by molar-refractivity contribution is 5.93. The van der Waals surface area contributed by atoms with Crippen molar-refractivity contribution in [2.24, 2.45) is 5.92 Å². The van der Waals surface area contributed by atoms with Gasteiger partial charge < -0.3 is 25.0 Å². The standard InChI is InChI=1S/C24H29N3O4/c1-24(2,18-10-11-20-21(13-18)31-16-30-20)15-25-23(29)27-12-6-7-17(14-27)22(28)26-19-8-4-3-5-9-19/h3-5,8-11,13,17H,6-7,12,14-16H2,1-2H3,(H,25,29)(H,26,28). The van der Waals surface area contributed by atoms with Crippen LogP contribution >= 0.6 is 0 Å². The molecule has 2 aromatic carbocycles. The van der Waals surface area contributed by atoms with Crippen molar-refractivity contribution in [3.8, 4) is 11.5 Å². The topological polar surface area (TPSA) is 79.9 Å². The highest BCUT2D eigenvalue weighted by Gasteiger charge is 2.30. The maximum Gasteiger partial charge on any atom is 0.317 e. The van der Waals surface area contributed by atoms with Crippen LogP contribution in [-0.4, -0.2) is 43.3 Å². The number of likely N-dealkylation sites (tertiary alicyclic amines) is 1. The van der Waals surface area contributed by atoms with Crippen molar-refractivity contribution >= 4 is 17.6 Å². The molecular formula is C24H29N3O4. The van der Waals surface area contributed by atoms with Crippen molar-refractivity contribution in [1.82, 2.24) is 10.2 Å². The Hall–Kier alpha value is -3.22. The predicted molar refractivity (Wildman–Crippen MR) is 118 cm³/mol. The lowest BCUT2D eigenvalue weighted by atomic mass is 9.84. The van der Waals surface area contributed by atoms with E-state index in [0.29, 0.717) is 19.6 Å². The van der Waals surface area contributed by atoms with Crippen LogP contribution in [0.25, 0.3) is 0 Å². The number of carbonyl (C=O) groups excluding carboxylic acids is 2. The number of ether oxygens (including phenoxy) is 2. The number of amides is 3. The van der Waals surface area contributed by atoms with E-state index in [1.807, 2.05) is 48.5 Å². The number of hydrogen-bond acceptors (Lipinski definition) is 4. The number of benzene rings is 2. The van der Waals surface area contributed by atoms with Crippen molar-refractivity contribution < 1.29 is 19.1 Å². The van der Waals surface area contributed by atoms with Gasteiger partial charge in [-0.3, -0.25) is 4.79 Å². The first kappa shape index (κ1) is 21.0. The number of anilines is 1. The van der Waals surface area contributed by atoms with Crippen LogP contribution in [0.15, 0.2) is 48.5 Å². The fraction of sp³-hybridized carbons (Fsp3) is 0.417. The van der Waals surface area contributed by atoms with Crippen molar-refractivity contribution in [2.45, 2.75) is 32.1 Å². The highest BCUT2D eigenvalue weighted by atomic mass is 16.7. The van der Waals surface area contributed by atoms with Crippen LogP contribution < -0.4 is 20.1 Å². The van der Waals surface area contributed by atoms with Crippen LogP contribution in [0.2, 0.25) is 0 Å². The van der Waals surface area contributed by atoms with Gasteiger partial charge in [-0.15, -0.1) is 0 Å². The number of nitrogens with zero attached hydrogens (tertiary/aromatic N) is 1. The molecule has 164 valence electrons. The maximum absolute atomic E-state index is 12.8. The predicted octanol–water partition coefficient (Wildman–Crippen LogP) is 3.75. The third-order valence-electron chi connectivity index (χ3n) is 5.96. The van der Waals surface area contributed by atoms with E-state index in [-0.39, 0.29) is 30.1 Å². The first-order chi connectivity index (χ1) is 14.9. The van der Waals surface area contributed by atoms with Crippen molar-refractivity contribution in [2.75, 3.05) is 31.7 Å². The maximum atomic E-state index is 12.8. The monoisotopic (exact) mass is 423 g/mol. The molecule has 7 heteroatoms. The molecule has 0 bridgehead atoms. The van der Waals surface area contributed by atoms with E-state index in [2.05, 4.69) is 24.5 Å². The summed E-state index contributed by atoms with van der Waals surface area (Å²) < 4.78 is 10.9. The number of para-hydroxylation sites is 1. The smallest absolute Gasteiger partial charge is 0.317 e. The van der Waals surface area contributed by atoms with E-state index in [0.717, 1.165) is 35.6 Å². The van der Waals surface area contributed by atoms with Crippen LogP contribution in [0.1, 0.15) is 32.3 Å². The summed E-state index contributed by atoms with van der Waals surface area (Å²) in [5.74, 6) is 1.24. The molecule has 1 unspecified atom stereocenters. The zero-order chi connectivity index (χ0) is 21.8. The first-order valence-corrected chi connectivity index (χ1v) is 10.7. The van der Waals surface area contributed by atoms with Crippen LogP contribution in [-0.2, 0) is 10.2 Å². The summed E-state index contributed by atoms with van der Waals surface area (Å²) in [5.41, 5.74) is 1.56. The molecule has 0 spiro atoms. The van der Waals surface area contributed by atoms with E-state index in [4.69, 9.17) is 9.47 Å². The second-order valence-corrected chi connectivity index (χ2v) is 8.75. The van der Waals surface area contributed by atoms with Gasteiger partial charge in [0.15, 0.2) is 11.5 Å². The summed E-state index contributed by atoms with van der Waals surface area (Å²) in [7, 11) is 0. The molecule has 2 aromatic rings. The van der Waals surface area contributed by atoms with Gasteiger partial charge in [0, 0.05) is 30.7 Å². The van der Waals surface area contributed by atoms with E-state index in [1.54, 1.807) is 4.90 Å². The molecule has 2 N–H and O–H groups in total. The molecule has 3 amide bonds. The van der Waals surface area contributed by atoms with Crippen LogP contribution in [0.5, 0.6) is 11.5 Å². The zero-order valence-corrected chi connectivity index (χ0v) is 18.0. The summed E-state index contributed by atoms with van der Waals surface area (Å²) in [6.45, 7) is 5.96. The van der Waals surface area contributed by atoms with Crippen molar-refractivity contribution in [3.05, 3.63) is 54.1 Å². The number of urea groups is 1. The molecule has 4 rings (SSSR count).